The van der Waals surface area contributed by atoms with Gasteiger partial charge in [0.05, 0.1) is 0 Å². The fourth-order valence-electron chi connectivity index (χ4n) is 12.8. The highest BCUT2D eigenvalue weighted by atomic mass is 14.2. The smallest absolute Gasteiger partial charge is 0.00262 e. The Morgan fingerprint density at radius 3 is 0.675 bits per heavy atom. The zero-order chi connectivity index (χ0) is 52.9. The summed E-state index contributed by atoms with van der Waals surface area (Å²) in [4.78, 5) is 0. The van der Waals surface area contributed by atoms with E-state index in [4.69, 9.17) is 0 Å². The number of fused-ring (bicyclic) bond motifs is 8. The molecule has 0 radical (unpaired) electrons. The molecular weight excluding hydrogens is 961 g/mol. The van der Waals surface area contributed by atoms with Crippen molar-refractivity contribution in [1.29, 1.82) is 0 Å². The second-order valence-electron chi connectivity index (χ2n) is 21.0. The maximum absolute atomic E-state index is 2.34. The van der Waals surface area contributed by atoms with Crippen molar-refractivity contribution in [3.8, 4) is 66.8 Å². The lowest BCUT2D eigenvalue weighted by atomic mass is 9.85. The van der Waals surface area contributed by atoms with Gasteiger partial charge in [-0.3, -0.25) is 0 Å². The Labute approximate surface area is 465 Å². The Kier molecular flexibility index (Phi) is 11.6. The highest BCUT2D eigenvalue weighted by Gasteiger charge is 2.19. The third-order valence-corrected chi connectivity index (χ3v) is 16.5. The summed E-state index contributed by atoms with van der Waals surface area (Å²) in [6, 6.07) is 115. The van der Waals surface area contributed by atoms with Gasteiger partial charge in [0.2, 0.25) is 0 Å². The normalized spacial score (nSPS) is 11.5. The first kappa shape index (κ1) is 46.9. The second-order valence-corrected chi connectivity index (χ2v) is 21.0. The standard InChI is InChI=1S/2C40H26/c2*1-2-12-31-26-32(25-20-27(31)10-1)40-37-17-7-5-15-35(37)39(36-16-6-8-18-38(36)40)30-23-21-29(22-24-30)34-19-9-13-28-11-3-4-14-33(28)34/h2*1-26H. The summed E-state index contributed by atoms with van der Waals surface area (Å²) in [6.07, 6.45) is 0. The minimum atomic E-state index is 1.24. The number of benzene rings is 16. The number of hydrogen-bond acceptors (Lipinski definition) is 0. The van der Waals surface area contributed by atoms with E-state index in [0.29, 0.717) is 0 Å². The third kappa shape index (κ3) is 8.17. The lowest BCUT2D eigenvalue weighted by Crippen LogP contribution is -1.91. The Morgan fingerprint density at radius 2 is 0.350 bits per heavy atom. The van der Waals surface area contributed by atoms with Crippen molar-refractivity contribution in [2.24, 2.45) is 0 Å². The predicted molar refractivity (Wildman–Crippen MR) is 346 cm³/mol. The van der Waals surface area contributed by atoms with Crippen LogP contribution in [-0.4, -0.2) is 0 Å². The fourth-order valence-corrected chi connectivity index (χ4v) is 12.8. The summed E-state index contributed by atoms with van der Waals surface area (Å²) in [7, 11) is 0. The second kappa shape index (κ2) is 19.9. The summed E-state index contributed by atoms with van der Waals surface area (Å²) >= 11 is 0. The molecule has 0 N–H and O–H groups in total. The molecule has 372 valence electrons. The van der Waals surface area contributed by atoms with Gasteiger partial charge in [-0.15, -0.1) is 0 Å². The molecule has 0 heterocycles. The van der Waals surface area contributed by atoms with Crippen molar-refractivity contribution in [2.75, 3.05) is 0 Å². The van der Waals surface area contributed by atoms with E-state index < -0.39 is 0 Å². The Hall–Kier alpha value is -10.4. The molecule has 0 heteroatoms. The predicted octanol–water partition coefficient (Wildman–Crippen LogP) is 22.6. The molecule has 0 unspecified atom stereocenters. The first-order valence-corrected chi connectivity index (χ1v) is 27.7. The number of hydrogen-bond donors (Lipinski definition) is 0. The van der Waals surface area contributed by atoms with Crippen LogP contribution >= 0.6 is 0 Å². The van der Waals surface area contributed by atoms with Crippen LogP contribution in [0.3, 0.4) is 0 Å². The van der Waals surface area contributed by atoms with Crippen LogP contribution in [0.2, 0.25) is 0 Å². The largest absolute Gasteiger partial charge is 0.0616 e. The van der Waals surface area contributed by atoms with Gasteiger partial charge >= 0.3 is 0 Å². The molecule has 0 fully saturated rings. The molecule has 0 aliphatic carbocycles. The van der Waals surface area contributed by atoms with E-state index in [1.165, 1.54) is 153 Å². The molecular formula is C80H52. The van der Waals surface area contributed by atoms with Crippen molar-refractivity contribution in [1.82, 2.24) is 0 Å². The van der Waals surface area contributed by atoms with E-state index in [9.17, 15) is 0 Å². The molecule has 16 rings (SSSR count). The molecule has 80 heavy (non-hydrogen) atoms. The topological polar surface area (TPSA) is 0 Å². The molecule has 0 saturated carbocycles. The van der Waals surface area contributed by atoms with Crippen LogP contribution in [0, 0.1) is 0 Å². The van der Waals surface area contributed by atoms with Gasteiger partial charge in [-0.25, -0.2) is 0 Å². The molecule has 16 aromatic carbocycles. The Bertz CT molecular complexity index is 4600. The van der Waals surface area contributed by atoms with Crippen LogP contribution in [0.25, 0.3) is 153 Å². The summed E-state index contributed by atoms with van der Waals surface area (Å²) in [5, 5.41) is 20.4. The average Bonchev–Trinajstić information content (AvgIpc) is 3.70. The van der Waals surface area contributed by atoms with Crippen molar-refractivity contribution >= 4 is 86.2 Å². The minimum Gasteiger partial charge on any atom is -0.0616 e. The first-order chi connectivity index (χ1) is 39.7. The van der Waals surface area contributed by atoms with Crippen LogP contribution in [-0.2, 0) is 0 Å². The molecule has 0 amide bonds. The monoisotopic (exact) mass is 1010 g/mol. The van der Waals surface area contributed by atoms with Gasteiger partial charge in [-0.05, 0) is 165 Å². The highest BCUT2D eigenvalue weighted by molar-refractivity contribution is 6.23. The summed E-state index contributed by atoms with van der Waals surface area (Å²) < 4.78 is 0. The molecule has 0 spiro atoms. The van der Waals surface area contributed by atoms with Gasteiger partial charge in [0.25, 0.3) is 0 Å². The lowest BCUT2D eigenvalue weighted by molar-refractivity contribution is 1.63. The zero-order valence-corrected chi connectivity index (χ0v) is 44.0. The van der Waals surface area contributed by atoms with Gasteiger partial charge < -0.3 is 0 Å². The maximum Gasteiger partial charge on any atom is -0.00262 e. The summed E-state index contributed by atoms with van der Waals surface area (Å²) in [6.45, 7) is 0. The van der Waals surface area contributed by atoms with Crippen molar-refractivity contribution in [3.63, 3.8) is 0 Å². The molecule has 0 aliphatic rings. The summed E-state index contributed by atoms with van der Waals surface area (Å²) in [5.74, 6) is 0. The van der Waals surface area contributed by atoms with E-state index >= 15 is 0 Å². The van der Waals surface area contributed by atoms with Crippen LogP contribution in [0.15, 0.2) is 315 Å². The SMILES string of the molecule is c1ccc2cc(-c3c4ccccc4c(-c4ccc(-c5cccc6ccccc56)cc4)c4ccccc34)ccc2c1.c1ccc2cc(-c3c4ccccc4c(-c4ccc(-c5cccc6ccccc56)cc4)c4ccccc34)ccc2c1. The van der Waals surface area contributed by atoms with E-state index in [1.807, 2.05) is 0 Å². The molecule has 0 bridgehead atoms. The maximum atomic E-state index is 2.34. The van der Waals surface area contributed by atoms with Crippen molar-refractivity contribution in [2.45, 2.75) is 0 Å². The van der Waals surface area contributed by atoms with Gasteiger partial charge in [0.1, 0.15) is 0 Å². The van der Waals surface area contributed by atoms with Gasteiger partial charge in [-0.2, -0.15) is 0 Å². The lowest BCUT2D eigenvalue weighted by Gasteiger charge is -2.18. The fraction of sp³-hybridized carbons (Fsp3) is 0. The third-order valence-electron chi connectivity index (χ3n) is 16.5. The minimum absolute atomic E-state index is 1.24. The highest BCUT2D eigenvalue weighted by Crippen LogP contribution is 2.47. The van der Waals surface area contributed by atoms with Crippen molar-refractivity contribution < 1.29 is 0 Å². The van der Waals surface area contributed by atoms with E-state index in [0.717, 1.165) is 0 Å². The van der Waals surface area contributed by atoms with Gasteiger partial charge in [-0.1, -0.05) is 303 Å². The quantitative estimate of drug-likeness (QED) is 0.146. The molecule has 0 aromatic heterocycles. The zero-order valence-electron chi connectivity index (χ0n) is 44.0. The molecule has 0 saturated heterocycles. The average molecular weight is 1010 g/mol. The van der Waals surface area contributed by atoms with Crippen LogP contribution < -0.4 is 0 Å². The number of rotatable bonds is 6. The van der Waals surface area contributed by atoms with Crippen molar-refractivity contribution in [3.05, 3.63) is 315 Å². The first-order valence-electron chi connectivity index (χ1n) is 27.7. The van der Waals surface area contributed by atoms with E-state index in [-0.39, 0.29) is 0 Å². The molecule has 16 aromatic rings. The van der Waals surface area contributed by atoms with Crippen LogP contribution in [0.5, 0.6) is 0 Å². The van der Waals surface area contributed by atoms with Gasteiger partial charge in [0.15, 0.2) is 0 Å². The Balaban J connectivity index is 0.000000138. The van der Waals surface area contributed by atoms with Crippen LogP contribution in [0.1, 0.15) is 0 Å². The molecule has 0 aliphatic heterocycles. The Morgan fingerprint density at radius 1 is 0.125 bits per heavy atom. The van der Waals surface area contributed by atoms with Gasteiger partial charge in [0, 0.05) is 0 Å². The molecule has 0 nitrogen and oxygen atoms in total. The summed E-state index contributed by atoms with van der Waals surface area (Å²) in [5.41, 5.74) is 15.2. The van der Waals surface area contributed by atoms with Crippen LogP contribution in [0.4, 0.5) is 0 Å². The van der Waals surface area contributed by atoms with E-state index in [1.54, 1.807) is 0 Å². The van der Waals surface area contributed by atoms with E-state index in [2.05, 4.69) is 315 Å². The molecule has 0 atom stereocenters.